The normalized spacial score (nSPS) is 23.0. The van der Waals surface area contributed by atoms with Crippen LogP contribution in [0.4, 0.5) is 5.69 Å². The zero-order chi connectivity index (χ0) is 24.8. The molecule has 2 heterocycles. The number of rotatable bonds is 5. The molecule has 0 saturated carbocycles. The topological polar surface area (TPSA) is 125 Å². The number of anilines is 1. The van der Waals surface area contributed by atoms with Crippen molar-refractivity contribution in [3.05, 3.63) is 52.6 Å². The summed E-state index contributed by atoms with van der Waals surface area (Å²) in [4.78, 5) is 54.8. The predicted molar refractivity (Wildman–Crippen MR) is 121 cm³/mol. The number of benzene rings is 1. The molecule has 1 aromatic carbocycles. The summed E-state index contributed by atoms with van der Waals surface area (Å²) in [6.45, 7) is 6.92. The van der Waals surface area contributed by atoms with Crippen molar-refractivity contribution in [2.45, 2.75) is 46.0 Å². The number of para-hydroxylation sites is 1. The molecule has 2 N–H and O–H groups in total. The first-order chi connectivity index (χ1) is 16.1. The Hall–Kier alpha value is -3.62. The Bertz CT molecular complexity index is 1160. The minimum atomic E-state index is -1.87. The molecule has 1 unspecified atom stereocenters. The van der Waals surface area contributed by atoms with E-state index in [0.717, 1.165) is 0 Å². The fraction of sp³-hybridized carbons (Fsp3) is 0.440. The van der Waals surface area contributed by atoms with Gasteiger partial charge in [0.25, 0.3) is 0 Å². The van der Waals surface area contributed by atoms with Gasteiger partial charge in [0.05, 0.1) is 18.8 Å². The van der Waals surface area contributed by atoms with Crippen LogP contribution in [0.5, 0.6) is 0 Å². The van der Waals surface area contributed by atoms with E-state index in [0.29, 0.717) is 17.7 Å². The van der Waals surface area contributed by atoms with Crippen LogP contribution in [0.1, 0.15) is 46.1 Å². The highest BCUT2D eigenvalue weighted by Gasteiger charge is 2.64. The molecule has 0 aromatic heterocycles. The predicted octanol–water partition coefficient (Wildman–Crippen LogP) is 2.24. The number of Topliss-reactive ketones (excluding diaryl/α,β-unsaturated/α-hetero) is 1. The molecule has 9 heteroatoms. The Balaban J connectivity index is 2.02. The van der Waals surface area contributed by atoms with Crippen LogP contribution in [0.2, 0.25) is 0 Å². The summed E-state index contributed by atoms with van der Waals surface area (Å²) in [6.07, 6.45) is 0.500. The zero-order valence-corrected chi connectivity index (χ0v) is 19.7. The minimum absolute atomic E-state index is 0.0287. The molecular weight excluding hydrogens is 440 g/mol. The van der Waals surface area contributed by atoms with Gasteiger partial charge < -0.3 is 19.9 Å². The van der Waals surface area contributed by atoms with Gasteiger partial charge in [0.2, 0.25) is 11.8 Å². The van der Waals surface area contributed by atoms with Crippen LogP contribution in [-0.4, -0.2) is 43.4 Å². The smallest absolute Gasteiger partial charge is 0.341 e. The van der Waals surface area contributed by atoms with E-state index < -0.39 is 28.7 Å². The van der Waals surface area contributed by atoms with Crippen molar-refractivity contribution in [3.63, 3.8) is 0 Å². The lowest BCUT2D eigenvalue weighted by Gasteiger charge is -2.42. The molecule has 1 aromatic rings. The van der Waals surface area contributed by atoms with Crippen LogP contribution in [0.15, 0.2) is 47.1 Å². The summed E-state index contributed by atoms with van der Waals surface area (Å²) in [7, 11) is 0. The standard InChI is InChI=1S/C25H28N2O7/c1-5-32-18(29)13-27-15-10-8-7-9-14(15)25(23(27)31)19-16(28)11-24(3,4)12-17(19)34-21(26)20(25)22(30)33-6-2/h7-10H,5-6,11-13,26H2,1-4H3. The van der Waals surface area contributed by atoms with Crippen molar-refractivity contribution in [2.75, 3.05) is 24.7 Å². The summed E-state index contributed by atoms with van der Waals surface area (Å²) >= 11 is 0. The molecule has 4 rings (SSSR count). The number of ether oxygens (including phenoxy) is 3. The van der Waals surface area contributed by atoms with Gasteiger partial charge in [-0.2, -0.15) is 0 Å². The fourth-order valence-electron chi connectivity index (χ4n) is 5.15. The molecule has 9 nitrogen and oxygen atoms in total. The van der Waals surface area contributed by atoms with Crippen molar-refractivity contribution in [3.8, 4) is 0 Å². The van der Waals surface area contributed by atoms with E-state index >= 15 is 0 Å². The number of allylic oxidation sites excluding steroid dienone is 1. The Morgan fingerprint density at radius 2 is 1.76 bits per heavy atom. The molecule has 1 amide bonds. The fourth-order valence-corrected chi connectivity index (χ4v) is 5.15. The number of ketones is 1. The Morgan fingerprint density at radius 1 is 1.09 bits per heavy atom. The van der Waals surface area contributed by atoms with Gasteiger partial charge in [0.15, 0.2) is 5.78 Å². The number of nitrogens with zero attached hydrogens (tertiary/aromatic N) is 1. The highest BCUT2D eigenvalue weighted by Crippen LogP contribution is 2.57. The van der Waals surface area contributed by atoms with Crippen LogP contribution < -0.4 is 10.6 Å². The van der Waals surface area contributed by atoms with Crippen LogP contribution in [-0.2, 0) is 38.8 Å². The number of hydrogen-bond donors (Lipinski definition) is 1. The van der Waals surface area contributed by atoms with Crippen LogP contribution >= 0.6 is 0 Å². The van der Waals surface area contributed by atoms with Gasteiger partial charge in [-0.05, 0) is 25.3 Å². The van der Waals surface area contributed by atoms with E-state index in [1.54, 1.807) is 38.1 Å². The van der Waals surface area contributed by atoms with Crippen molar-refractivity contribution in [2.24, 2.45) is 11.1 Å². The average Bonchev–Trinajstić information content (AvgIpc) is 2.96. The van der Waals surface area contributed by atoms with Gasteiger partial charge in [0, 0.05) is 24.1 Å². The van der Waals surface area contributed by atoms with E-state index in [9.17, 15) is 19.2 Å². The number of nitrogens with two attached hydrogens (primary N) is 1. The molecule has 0 bridgehead atoms. The molecule has 180 valence electrons. The highest BCUT2D eigenvalue weighted by atomic mass is 16.5. The molecule has 0 saturated heterocycles. The molecule has 0 radical (unpaired) electrons. The summed E-state index contributed by atoms with van der Waals surface area (Å²) in [5.74, 6) is -2.46. The third kappa shape index (κ3) is 3.38. The number of fused-ring (bicyclic) bond motifs is 3. The molecule has 0 fully saturated rings. The molecule has 3 aliphatic rings. The van der Waals surface area contributed by atoms with Gasteiger partial charge in [-0.25, -0.2) is 4.79 Å². The minimum Gasteiger partial charge on any atom is -0.465 e. The quantitative estimate of drug-likeness (QED) is 0.652. The molecule has 1 spiro atoms. The Labute approximate surface area is 197 Å². The van der Waals surface area contributed by atoms with E-state index in [-0.39, 0.29) is 54.8 Å². The van der Waals surface area contributed by atoms with Gasteiger partial charge in [-0.15, -0.1) is 0 Å². The molecule has 34 heavy (non-hydrogen) atoms. The third-order valence-corrected chi connectivity index (χ3v) is 6.30. The van der Waals surface area contributed by atoms with Crippen molar-refractivity contribution < 1.29 is 33.4 Å². The second kappa shape index (κ2) is 8.30. The lowest BCUT2D eigenvalue weighted by molar-refractivity contribution is -0.142. The van der Waals surface area contributed by atoms with Crippen molar-refractivity contribution >= 4 is 29.3 Å². The van der Waals surface area contributed by atoms with Gasteiger partial charge >= 0.3 is 11.9 Å². The van der Waals surface area contributed by atoms with Crippen LogP contribution in [0.25, 0.3) is 0 Å². The highest BCUT2D eigenvalue weighted by molar-refractivity contribution is 6.24. The maximum atomic E-state index is 14.3. The van der Waals surface area contributed by atoms with Crippen LogP contribution in [0.3, 0.4) is 0 Å². The Kier molecular flexibility index (Phi) is 5.75. The third-order valence-electron chi connectivity index (χ3n) is 6.30. The maximum Gasteiger partial charge on any atom is 0.341 e. The van der Waals surface area contributed by atoms with Gasteiger partial charge in [-0.1, -0.05) is 32.0 Å². The van der Waals surface area contributed by atoms with Gasteiger partial charge in [0.1, 0.15) is 23.3 Å². The number of carbonyl (C=O) groups excluding carboxylic acids is 4. The van der Waals surface area contributed by atoms with Crippen molar-refractivity contribution in [1.82, 2.24) is 0 Å². The van der Waals surface area contributed by atoms with Crippen LogP contribution in [0, 0.1) is 5.41 Å². The largest absolute Gasteiger partial charge is 0.465 e. The molecule has 1 aliphatic carbocycles. The van der Waals surface area contributed by atoms with E-state index in [1.165, 1.54) is 4.90 Å². The summed E-state index contributed by atoms with van der Waals surface area (Å²) < 4.78 is 16.2. The summed E-state index contributed by atoms with van der Waals surface area (Å²) in [5.41, 5.74) is 4.56. The summed E-state index contributed by atoms with van der Waals surface area (Å²) in [6, 6.07) is 6.73. The summed E-state index contributed by atoms with van der Waals surface area (Å²) in [5, 5.41) is 0. The number of amides is 1. The van der Waals surface area contributed by atoms with Crippen molar-refractivity contribution in [1.29, 1.82) is 0 Å². The number of hydrogen-bond acceptors (Lipinski definition) is 8. The van der Waals surface area contributed by atoms with Gasteiger partial charge in [-0.3, -0.25) is 19.3 Å². The lowest BCUT2D eigenvalue weighted by atomic mass is 9.62. The van der Waals surface area contributed by atoms with E-state index in [4.69, 9.17) is 19.9 Å². The van der Waals surface area contributed by atoms with E-state index in [1.807, 2.05) is 13.8 Å². The number of esters is 2. The average molecular weight is 469 g/mol. The first-order valence-electron chi connectivity index (χ1n) is 11.3. The monoisotopic (exact) mass is 468 g/mol. The second-order valence-corrected chi connectivity index (χ2v) is 9.26. The first kappa shape index (κ1) is 23.5. The van der Waals surface area contributed by atoms with E-state index in [2.05, 4.69) is 0 Å². The Morgan fingerprint density at radius 3 is 2.44 bits per heavy atom. The SMILES string of the molecule is CCOC(=O)CN1C(=O)C2(C(C(=O)OCC)=C(N)OC3=C2C(=O)CC(C)(C)C3)c2ccccc21. The zero-order valence-electron chi connectivity index (χ0n) is 19.7. The first-order valence-corrected chi connectivity index (χ1v) is 11.3. The maximum absolute atomic E-state index is 14.3. The molecule has 1 atom stereocenters. The lowest BCUT2D eigenvalue weighted by Crippen LogP contribution is -2.53. The second-order valence-electron chi connectivity index (χ2n) is 9.26. The molecule has 2 aliphatic heterocycles. The molecular formula is C25H28N2O7. The number of carbonyl (C=O) groups is 4.